The van der Waals surface area contributed by atoms with E-state index in [0.29, 0.717) is 12.4 Å². The van der Waals surface area contributed by atoms with E-state index in [0.717, 1.165) is 6.42 Å². The molecule has 0 N–H and O–H groups in total. The van der Waals surface area contributed by atoms with Crippen molar-refractivity contribution in [1.82, 2.24) is 0 Å². The van der Waals surface area contributed by atoms with Gasteiger partial charge in [-0.05, 0) is 18.4 Å². The Kier molecular flexibility index (Phi) is 4.88. The van der Waals surface area contributed by atoms with Crippen LogP contribution in [0.5, 0.6) is 0 Å². The molecule has 0 rings (SSSR count). The van der Waals surface area contributed by atoms with E-state index in [2.05, 4.69) is 18.6 Å². The van der Waals surface area contributed by atoms with Gasteiger partial charge in [0.05, 0.1) is 6.26 Å². The second-order valence-electron chi connectivity index (χ2n) is 2.23. The number of rotatable bonds is 4. The SMILES string of the molecule is CC(C)C/C=C/OC=O. The van der Waals surface area contributed by atoms with Gasteiger partial charge in [0, 0.05) is 0 Å². The number of ether oxygens (including phenoxy) is 1. The van der Waals surface area contributed by atoms with E-state index in [1.54, 1.807) is 0 Å². The molecule has 2 heteroatoms. The highest BCUT2D eigenvalue weighted by Gasteiger charge is 1.85. The number of hydrogen-bond acceptors (Lipinski definition) is 2. The van der Waals surface area contributed by atoms with Crippen LogP contribution in [0.4, 0.5) is 0 Å². The van der Waals surface area contributed by atoms with Crippen molar-refractivity contribution in [2.45, 2.75) is 20.3 Å². The predicted molar refractivity (Wildman–Crippen MR) is 35.7 cm³/mol. The summed E-state index contributed by atoms with van der Waals surface area (Å²) in [5.74, 6) is 0.622. The van der Waals surface area contributed by atoms with Gasteiger partial charge < -0.3 is 4.74 Å². The number of allylic oxidation sites excluding steroid dienone is 1. The Bertz CT molecular complexity index is 95.1. The third kappa shape index (κ3) is 7.21. The first-order valence-corrected chi connectivity index (χ1v) is 3.01. The van der Waals surface area contributed by atoms with Gasteiger partial charge in [0.15, 0.2) is 0 Å². The average Bonchev–Trinajstić information content (AvgIpc) is 1.80. The highest BCUT2D eigenvalue weighted by Crippen LogP contribution is 1.98. The van der Waals surface area contributed by atoms with Gasteiger partial charge in [0.2, 0.25) is 0 Å². The number of carbonyl (C=O) groups excluding carboxylic acids is 1. The van der Waals surface area contributed by atoms with Crippen molar-refractivity contribution in [2.75, 3.05) is 0 Å². The van der Waals surface area contributed by atoms with Gasteiger partial charge in [0.1, 0.15) is 0 Å². The minimum atomic E-state index is 0.414. The van der Waals surface area contributed by atoms with E-state index in [4.69, 9.17) is 0 Å². The number of hydrogen-bond donors (Lipinski definition) is 0. The summed E-state index contributed by atoms with van der Waals surface area (Å²) < 4.78 is 4.32. The predicted octanol–water partition coefficient (Wildman–Crippen LogP) is 1.72. The van der Waals surface area contributed by atoms with Crippen LogP contribution in [0.25, 0.3) is 0 Å². The van der Waals surface area contributed by atoms with Crippen molar-refractivity contribution in [2.24, 2.45) is 5.92 Å². The lowest BCUT2D eigenvalue weighted by Gasteiger charge is -1.94. The van der Waals surface area contributed by atoms with Crippen LogP contribution in [-0.2, 0) is 9.53 Å². The summed E-state index contributed by atoms with van der Waals surface area (Å²) in [6.45, 7) is 4.62. The molecule has 0 aliphatic heterocycles. The van der Waals surface area contributed by atoms with Crippen molar-refractivity contribution in [3.63, 3.8) is 0 Å². The second-order valence-corrected chi connectivity index (χ2v) is 2.23. The first-order chi connectivity index (χ1) is 4.27. The minimum absolute atomic E-state index is 0.414. The molecule has 2 nitrogen and oxygen atoms in total. The molecule has 9 heavy (non-hydrogen) atoms. The summed E-state index contributed by atoms with van der Waals surface area (Å²) >= 11 is 0. The van der Waals surface area contributed by atoms with E-state index >= 15 is 0 Å². The summed E-state index contributed by atoms with van der Waals surface area (Å²) in [5.41, 5.74) is 0. The summed E-state index contributed by atoms with van der Waals surface area (Å²) in [4.78, 5) is 9.58. The Morgan fingerprint density at radius 3 is 2.67 bits per heavy atom. The molecule has 0 aromatic heterocycles. The fourth-order valence-corrected chi connectivity index (χ4v) is 0.415. The zero-order valence-electron chi connectivity index (χ0n) is 5.83. The van der Waals surface area contributed by atoms with Crippen molar-refractivity contribution in [1.29, 1.82) is 0 Å². The third-order valence-electron chi connectivity index (χ3n) is 0.838. The maximum Gasteiger partial charge on any atom is 0.297 e. The molecule has 0 unspecified atom stereocenters. The topological polar surface area (TPSA) is 26.3 Å². The summed E-state index contributed by atoms with van der Waals surface area (Å²) in [6.07, 6.45) is 4.19. The minimum Gasteiger partial charge on any atom is -0.437 e. The highest BCUT2D eigenvalue weighted by molar-refractivity contribution is 5.38. The van der Waals surface area contributed by atoms with Crippen LogP contribution in [0.2, 0.25) is 0 Å². The van der Waals surface area contributed by atoms with Crippen LogP contribution in [0.15, 0.2) is 12.3 Å². The van der Waals surface area contributed by atoms with E-state index in [1.165, 1.54) is 6.26 Å². The molecule has 0 fully saturated rings. The maximum absolute atomic E-state index is 9.58. The van der Waals surface area contributed by atoms with Gasteiger partial charge in [-0.15, -0.1) is 0 Å². The molecule has 0 aromatic rings. The zero-order valence-corrected chi connectivity index (χ0v) is 5.83. The van der Waals surface area contributed by atoms with E-state index in [9.17, 15) is 4.79 Å². The molecule has 0 amide bonds. The molecule has 0 saturated carbocycles. The van der Waals surface area contributed by atoms with E-state index in [-0.39, 0.29) is 0 Å². The zero-order chi connectivity index (χ0) is 7.11. The Morgan fingerprint density at radius 1 is 1.56 bits per heavy atom. The lowest BCUT2D eigenvalue weighted by molar-refractivity contribution is -0.123. The summed E-state index contributed by atoms with van der Waals surface area (Å²) in [6, 6.07) is 0. The largest absolute Gasteiger partial charge is 0.437 e. The molecule has 0 saturated heterocycles. The van der Waals surface area contributed by atoms with Gasteiger partial charge in [0.25, 0.3) is 6.47 Å². The smallest absolute Gasteiger partial charge is 0.297 e. The van der Waals surface area contributed by atoms with Crippen molar-refractivity contribution >= 4 is 6.47 Å². The van der Waals surface area contributed by atoms with Crippen molar-refractivity contribution in [3.8, 4) is 0 Å². The molecule has 0 atom stereocenters. The van der Waals surface area contributed by atoms with Gasteiger partial charge >= 0.3 is 0 Å². The highest BCUT2D eigenvalue weighted by atomic mass is 16.5. The fourth-order valence-electron chi connectivity index (χ4n) is 0.415. The van der Waals surface area contributed by atoms with Gasteiger partial charge in [-0.2, -0.15) is 0 Å². The normalized spacial score (nSPS) is 10.6. The monoisotopic (exact) mass is 128 g/mol. The van der Waals surface area contributed by atoms with Gasteiger partial charge in [-0.25, -0.2) is 0 Å². The Balaban J connectivity index is 3.14. The molecule has 0 bridgehead atoms. The van der Waals surface area contributed by atoms with Crippen LogP contribution in [0, 0.1) is 5.92 Å². The second kappa shape index (κ2) is 5.35. The van der Waals surface area contributed by atoms with Crippen LogP contribution < -0.4 is 0 Å². The van der Waals surface area contributed by atoms with Crippen LogP contribution in [0.3, 0.4) is 0 Å². The average molecular weight is 128 g/mol. The standard InChI is InChI=1S/C7H12O2/c1-7(2)4-3-5-9-6-8/h3,5-7H,4H2,1-2H3/b5-3+. The molecule has 0 aliphatic carbocycles. The van der Waals surface area contributed by atoms with Crippen molar-refractivity contribution in [3.05, 3.63) is 12.3 Å². The van der Waals surface area contributed by atoms with Crippen LogP contribution in [0.1, 0.15) is 20.3 Å². The maximum atomic E-state index is 9.58. The van der Waals surface area contributed by atoms with E-state index in [1.807, 2.05) is 6.08 Å². The van der Waals surface area contributed by atoms with Crippen LogP contribution >= 0.6 is 0 Å². The lowest BCUT2D eigenvalue weighted by Crippen LogP contribution is -1.82. The molecular formula is C7H12O2. The Hall–Kier alpha value is -0.790. The van der Waals surface area contributed by atoms with Gasteiger partial charge in [-0.3, -0.25) is 4.79 Å². The Labute approximate surface area is 55.5 Å². The van der Waals surface area contributed by atoms with E-state index < -0.39 is 0 Å². The molecule has 0 aromatic carbocycles. The molecule has 0 radical (unpaired) electrons. The molecule has 0 aliphatic rings. The Morgan fingerprint density at radius 2 is 2.22 bits per heavy atom. The van der Waals surface area contributed by atoms with Crippen molar-refractivity contribution < 1.29 is 9.53 Å². The first-order valence-electron chi connectivity index (χ1n) is 3.01. The first kappa shape index (κ1) is 8.21. The molecular weight excluding hydrogens is 116 g/mol. The third-order valence-corrected chi connectivity index (χ3v) is 0.838. The number of carbonyl (C=O) groups is 1. The summed E-state index contributed by atoms with van der Waals surface area (Å²) in [7, 11) is 0. The quantitative estimate of drug-likeness (QED) is 0.425. The molecule has 0 spiro atoms. The fraction of sp³-hybridized carbons (Fsp3) is 0.571. The molecule has 52 valence electrons. The lowest BCUT2D eigenvalue weighted by atomic mass is 10.1. The summed E-state index contributed by atoms with van der Waals surface area (Å²) in [5, 5.41) is 0. The van der Waals surface area contributed by atoms with Crippen LogP contribution in [-0.4, -0.2) is 6.47 Å². The molecule has 0 heterocycles. The van der Waals surface area contributed by atoms with Gasteiger partial charge in [-0.1, -0.05) is 13.8 Å².